The van der Waals surface area contributed by atoms with Crippen LogP contribution in [0.3, 0.4) is 0 Å². The van der Waals surface area contributed by atoms with Gasteiger partial charge in [-0.1, -0.05) is 134 Å². The van der Waals surface area contributed by atoms with Crippen molar-refractivity contribution in [1.29, 1.82) is 0 Å². The molecule has 6 nitrogen and oxygen atoms in total. The molecule has 0 aromatic heterocycles. The number of hydrogen-bond acceptors (Lipinski definition) is 6. The first-order valence-corrected chi connectivity index (χ1v) is 19.1. The number of carbonyl (C=O) groups is 3. The van der Waals surface area contributed by atoms with Crippen LogP contribution in [-0.2, 0) is 28.6 Å². The summed E-state index contributed by atoms with van der Waals surface area (Å²) in [5.74, 6) is -0.948. The summed E-state index contributed by atoms with van der Waals surface area (Å²) in [6.45, 7) is 6.33. The Morgan fingerprint density at radius 3 is 1.43 bits per heavy atom. The van der Waals surface area contributed by atoms with Crippen LogP contribution in [0.15, 0.2) is 48.6 Å². The molecule has 6 heteroatoms. The quantitative estimate of drug-likeness (QED) is 0.0302. The van der Waals surface area contributed by atoms with Crippen molar-refractivity contribution < 1.29 is 28.6 Å². The van der Waals surface area contributed by atoms with Gasteiger partial charge in [0.25, 0.3) is 0 Å². The second kappa shape index (κ2) is 36.2. The first-order chi connectivity index (χ1) is 23.0. The van der Waals surface area contributed by atoms with Crippen molar-refractivity contribution in [2.75, 3.05) is 13.2 Å². The van der Waals surface area contributed by atoms with Gasteiger partial charge in [0.15, 0.2) is 6.10 Å². The highest BCUT2D eigenvalue weighted by atomic mass is 16.6. The van der Waals surface area contributed by atoms with E-state index in [1.54, 1.807) is 0 Å². The Bertz CT molecular complexity index is 856. The van der Waals surface area contributed by atoms with E-state index in [1.807, 2.05) is 0 Å². The van der Waals surface area contributed by atoms with Gasteiger partial charge in [0.05, 0.1) is 0 Å². The van der Waals surface area contributed by atoms with E-state index in [2.05, 4.69) is 69.4 Å². The molecule has 0 spiro atoms. The zero-order chi connectivity index (χ0) is 34.5. The third kappa shape index (κ3) is 34.5. The van der Waals surface area contributed by atoms with Gasteiger partial charge in [-0.25, -0.2) is 0 Å². The first-order valence-electron chi connectivity index (χ1n) is 19.1. The van der Waals surface area contributed by atoms with Gasteiger partial charge >= 0.3 is 17.9 Å². The van der Waals surface area contributed by atoms with E-state index in [0.29, 0.717) is 19.3 Å². The molecule has 0 saturated heterocycles. The molecule has 270 valence electrons. The van der Waals surface area contributed by atoms with E-state index in [9.17, 15) is 14.4 Å². The van der Waals surface area contributed by atoms with Gasteiger partial charge in [0.2, 0.25) is 0 Å². The minimum Gasteiger partial charge on any atom is -0.462 e. The normalized spacial score (nSPS) is 12.5. The number of rotatable bonds is 33. The number of ether oxygens (including phenoxy) is 3. The predicted octanol–water partition coefficient (Wildman–Crippen LogP) is 11.6. The van der Waals surface area contributed by atoms with E-state index in [4.69, 9.17) is 14.2 Å². The largest absolute Gasteiger partial charge is 0.462 e. The van der Waals surface area contributed by atoms with Crippen molar-refractivity contribution >= 4 is 17.9 Å². The van der Waals surface area contributed by atoms with E-state index in [0.717, 1.165) is 103 Å². The lowest BCUT2D eigenvalue weighted by atomic mass is 10.1. The highest BCUT2D eigenvalue weighted by molar-refractivity contribution is 5.71. The Balaban J connectivity index is 4.39. The number of hydrogen-bond donors (Lipinski definition) is 0. The highest BCUT2D eigenvalue weighted by Gasteiger charge is 2.19. The van der Waals surface area contributed by atoms with Crippen LogP contribution in [-0.4, -0.2) is 37.2 Å². The third-order valence-electron chi connectivity index (χ3n) is 7.80. The van der Waals surface area contributed by atoms with Crippen molar-refractivity contribution in [2.45, 2.75) is 181 Å². The maximum atomic E-state index is 12.6. The lowest BCUT2D eigenvalue weighted by molar-refractivity contribution is -0.167. The maximum Gasteiger partial charge on any atom is 0.306 e. The van der Waals surface area contributed by atoms with Gasteiger partial charge in [-0.15, -0.1) is 0 Å². The molecular weight excluding hydrogens is 588 g/mol. The fraction of sp³-hybridized carbons (Fsp3) is 0.732. The monoisotopic (exact) mass is 659 g/mol. The highest BCUT2D eigenvalue weighted by Crippen LogP contribution is 2.12. The number of unbranched alkanes of at least 4 members (excludes halogenated alkanes) is 14. The van der Waals surface area contributed by atoms with E-state index < -0.39 is 6.10 Å². The molecule has 0 aromatic rings. The van der Waals surface area contributed by atoms with Gasteiger partial charge < -0.3 is 14.2 Å². The van der Waals surface area contributed by atoms with Gasteiger partial charge in [-0.05, 0) is 70.6 Å². The van der Waals surface area contributed by atoms with Crippen LogP contribution in [0, 0.1) is 0 Å². The minimum absolute atomic E-state index is 0.0871. The van der Waals surface area contributed by atoms with Gasteiger partial charge in [-0.2, -0.15) is 0 Å². The molecule has 0 radical (unpaired) electrons. The number of carbonyl (C=O) groups excluding carboxylic acids is 3. The topological polar surface area (TPSA) is 78.9 Å². The van der Waals surface area contributed by atoms with Crippen LogP contribution in [0.2, 0.25) is 0 Å². The van der Waals surface area contributed by atoms with E-state index in [1.165, 1.54) is 32.1 Å². The van der Waals surface area contributed by atoms with E-state index >= 15 is 0 Å². The summed E-state index contributed by atoms with van der Waals surface area (Å²) in [4.78, 5) is 37.2. The number of esters is 3. The Labute approximate surface area is 288 Å². The van der Waals surface area contributed by atoms with Crippen LogP contribution in [0.5, 0.6) is 0 Å². The summed E-state index contributed by atoms with van der Waals surface area (Å²) in [5, 5.41) is 0. The first kappa shape index (κ1) is 44.4. The average molecular weight is 659 g/mol. The molecule has 1 atom stereocenters. The number of allylic oxidation sites excluding steroid dienone is 8. The molecule has 1 unspecified atom stereocenters. The van der Waals surface area contributed by atoms with Gasteiger partial charge in [0.1, 0.15) is 13.2 Å². The van der Waals surface area contributed by atoms with E-state index in [-0.39, 0.29) is 31.1 Å². The summed E-state index contributed by atoms with van der Waals surface area (Å²) in [6.07, 6.45) is 39.7. The zero-order valence-corrected chi connectivity index (χ0v) is 30.5. The predicted molar refractivity (Wildman–Crippen MR) is 196 cm³/mol. The Morgan fingerprint density at radius 2 is 0.872 bits per heavy atom. The lowest BCUT2D eigenvalue weighted by Crippen LogP contribution is -2.30. The Hall–Kier alpha value is -2.63. The van der Waals surface area contributed by atoms with Crippen LogP contribution in [0.25, 0.3) is 0 Å². The zero-order valence-electron chi connectivity index (χ0n) is 30.5. The van der Waals surface area contributed by atoms with Crippen molar-refractivity contribution in [3.05, 3.63) is 48.6 Å². The molecule has 0 aliphatic heterocycles. The van der Waals surface area contributed by atoms with Crippen molar-refractivity contribution in [2.24, 2.45) is 0 Å². The van der Waals surface area contributed by atoms with Crippen molar-refractivity contribution in [3.8, 4) is 0 Å². The molecule has 0 fully saturated rings. The van der Waals surface area contributed by atoms with Gasteiger partial charge in [-0.3, -0.25) is 14.4 Å². The van der Waals surface area contributed by atoms with Crippen molar-refractivity contribution in [1.82, 2.24) is 0 Å². The summed E-state index contributed by atoms with van der Waals surface area (Å²) in [5.41, 5.74) is 0. The molecule has 0 heterocycles. The third-order valence-corrected chi connectivity index (χ3v) is 7.80. The molecule has 47 heavy (non-hydrogen) atoms. The summed E-state index contributed by atoms with van der Waals surface area (Å²) in [7, 11) is 0. The SMILES string of the molecule is CC/C=C\C/C=C\C/C=C\CCCCCC(=O)OCC(COC(=O)CCCCCCCC)OC(=O)CCCCCCC/C=C\CCC. The standard InChI is InChI=1S/C41H70O6/c1-4-7-10-13-16-18-20-21-22-24-25-28-31-34-40(43)46-37-38(36-45-39(42)33-30-27-15-12-9-6-3)47-41(44)35-32-29-26-23-19-17-14-11-8-5-2/h7,10-11,14,16,18,21-22,38H,4-6,8-9,12-13,15,17,19-20,23-37H2,1-3H3/b10-7-,14-11-,18-16-,22-21-. The molecule has 0 amide bonds. The lowest BCUT2D eigenvalue weighted by Gasteiger charge is -2.18. The van der Waals surface area contributed by atoms with Crippen LogP contribution in [0.4, 0.5) is 0 Å². The average Bonchev–Trinajstić information content (AvgIpc) is 3.06. The summed E-state index contributed by atoms with van der Waals surface area (Å²) in [6, 6.07) is 0. The fourth-order valence-electron chi connectivity index (χ4n) is 4.93. The molecular formula is C41H70O6. The Morgan fingerprint density at radius 1 is 0.447 bits per heavy atom. The van der Waals surface area contributed by atoms with Crippen LogP contribution in [0.1, 0.15) is 175 Å². The fourth-order valence-corrected chi connectivity index (χ4v) is 4.93. The van der Waals surface area contributed by atoms with Gasteiger partial charge in [0, 0.05) is 19.3 Å². The molecule has 0 aliphatic carbocycles. The minimum atomic E-state index is -0.781. The Kier molecular flexibility index (Phi) is 34.2. The van der Waals surface area contributed by atoms with Crippen LogP contribution < -0.4 is 0 Å². The van der Waals surface area contributed by atoms with Crippen molar-refractivity contribution in [3.63, 3.8) is 0 Å². The second-order valence-electron chi connectivity index (χ2n) is 12.5. The second-order valence-corrected chi connectivity index (χ2v) is 12.5. The molecule has 0 bridgehead atoms. The molecule has 0 rings (SSSR count). The molecule has 0 aliphatic rings. The summed E-state index contributed by atoms with van der Waals surface area (Å²) < 4.78 is 16.5. The summed E-state index contributed by atoms with van der Waals surface area (Å²) >= 11 is 0. The van der Waals surface area contributed by atoms with Crippen LogP contribution >= 0.6 is 0 Å². The molecule has 0 saturated carbocycles. The molecule has 0 aromatic carbocycles. The maximum absolute atomic E-state index is 12.6. The molecule has 0 N–H and O–H groups in total. The smallest absolute Gasteiger partial charge is 0.306 e.